The Balaban J connectivity index is 2.19. The number of hydrogen-bond donors (Lipinski definition) is 0. The molecule has 28 heavy (non-hydrogen) atoms. The smallest absolute Gasteiger partial charge is 0.285 e. The van der Waals surface area contributed by atoms with Gasteiger partial charge < -0.3 is 4.43 Å². The molecule has 5 rings (SSSR count). The molecule has 1 aliphatic heterocycles. The van der Waals surface area contributed by atoms with Crippen molar-refractivity contribution in [2.24, 2.45) is 0 Å². The van der Waals surface area contributed by atoms with Crippen LogP contribution in [0.2, 0.25) is 13.0 Å². The van der Waals surface area contributed by atoms with Gasteiger partial charge in [-0.2, -0.15) is 0 Å². The summed E-state index contributed by atoms with van der Waals surface area (Å²) in [4.78, 5) is 0. The molecule has 0 spiro atoms. The minimum atomic E-state index is -3.31. The quantitative estimate of drug-likeness (QED) is 0.255. The van der Waals surface area contributed by atoms with Crippen molar-refractivity contribution in [1.29, 1.82) is 0 Å². The van der Waals surface area contributed by atoms with Crippen molar-refractivity contribution in [3.8, 4) is 5.75 Å². The molecule has 2 aromatic carbocycles. The van der Waals surface area contributed by atoms with Crippen LogP contribution < -0.4 is 14.1 Å². The Labute approximate surface area is 171 Å². The van der Waals surface area contributed by atoms with Crippen LogP contribution in [0.4, 0.5) is 0 Å². The molecule has 0 amide bonds. The number of benzene rings is 2. The highest BCUT2D eigenvalue weighted by molar-refractivity contribution is 6.87. The first-order valence-corrected chi connectivity index (χ1v) is 12.5. The summed E-state index contributed by atoms with van der Waals surface area (Å²) in [5.41, 5.74) is 4.46. The zero-order chi connectivity index (χ0) is 22.5. The predicted molar refractivity (Wildman–Crippen MR) is 120 cm³/mol. The van der Waals surface area contributed by atoms with E-state index in [1.54, 1.807) is 0 Å². The Morgan fingerprint density at radius 3 is 2.43 bits per heavy atom. The number of aromatic nitrogens is 2. The fraction of sp³-hybridized carbons (Fsp3) is 0.375. The number of rotatable bonds is 2. The maximum atomic E-state index is 8.46. The van der Waals surface area contributed by atoms with Crippen LogP contribution in [-0.4, -0.2) is 13.0 Å². The normalized spacial score (nSPS) is 20.9. The number of nitrogens with zero attached hydrogens (tertiary/aromatic N) is 2. The second-order valence-electron chi connectivity index (χ2n) is 8.77. The van der Waals surface area contributed by atoms with Gasteiger partial charge in [0.05, 0.1) is 27.7 Å². The first-order valence-electron chi connectivity index (χ1n) is 11.6. The number of pyridine rings is 1. The molecule has 4 heteroatoms. The molecule has 1 atom stereocenters. The van der Waals surface area contributed by atoms with Crippen molar-refractivity contribution in [2.45, 2.75) is 59.6 Å². The minimum Gasteiger partial charge on any atom is -0.539 e. The molecule has 0 fully saturated rings. The van der Waals surface area contributed by atoms with Gasteiger partial charge in [0.2, 0.25) is 5.52 Å². The van der Waals surface area contributed by atoms with Crippen LogP contribution in [0.15, 0.2) is 36.4 Å². The summed E-state index contributed by atoms with van der Waals surface area (Å²) in [6, 6.07) is 12.7. The monoisotopic (exact) mass is 392 g/mol. The van der Waals surface area contributed by atoms with Gasteiger partial charge in [0.1, 0.15) is 5.75 Å². The highest BCUT2D eigenvalue weighted by Gasteiger charge is 2.45. The standard InChI is InChI=1S/C24H29N2OSi/c1-14(2)17-10-8-12-19-18-11-9-13-20-21(18)23-24(28(6,7)27-20)16(5)25(15(3)4)26(23)22(17)19/h8-15H,1-7H3/q+1/i6D3. The van der Waals surface area contributed by atoms with E-state index in [9.17, 15) is 0 Å². The third kappa shape index (κ3) is 2.07. The molecule has 0 saturated carbocycles. The third-order valence-electron chi connectivity index (χ3n) is 6.10. The maximum Gasteiger partial charge on any atom is 0.285 e. The van der Waals surface area contributed by atoms with Gasteiger partial charge in [0.15, 0.2) is 0 Å². The molecule has 0 saturated heterocycles. The Hall–Kier alpha value is -2.33. The Morgan fingerprint density at radius 2 is 1.75 bits per heavy atom. The first-order chi connectivity index (χ1) is 14.5. The van der Waals surface area contributed by atoms with E-state index in [0.717, 1.165) is 27.2 Å². The lowest BCUT2D eigenvalue weighted by Crippen LogP contribution is -2.51. The fourth-order valence-corrected chi connectivity index (χ4v) is 7.33. The number of hydrogen-bond acceptors (Lipinski definition) is 1. The molecule has 3 heterocycles. The van der Waals surface area contributed by atoms with Gasteiger partial charge in [0, 0.05) is 15.1 Å². The van der Waals surface area contributed by atoms with Gasteiger partial charge in [0.25, 0.3) is 13.8 Å². The summed E-state index contributed by atoms with van der Waals surface area (Å²) in [6.45, 7) is 10.5. The third-order valence-corrected chi connectivity index (χ3v) is 8.28. The van der Waals surface area contributed by atoms with Crippen LogP contribution in [0.5, 0.6) is 5.75 Å². The Kier molecular flexibility index (Phi) is 2.93. The van der Waals surface area contributed by atoms with Crippen LogP contribution in [0.1, 0.15) is 55.0 Å². The van der Waals surface area contributed by atoms with E-state index in [0.29, 0.717) is 11.7 Å². The molecule has 1 aliphatic rings. The lowest BCUT2D eigenvalue weighted by molar-refractivity contribution is -0.586. The van der Waals surface area contributed by atoms with Crippen LogP contribution in [0.3, 0.4) is 0 Å². The summed E-state index contributed by atoms with van der Waals surface area (Å²) in [5, 5.41) is 4.24. The maximum absolute atomic E-state index is 8.46. The lowest BCUT2D eigenvalue weighted by Gasteiger charge is -2.27. The van der Waals surface area contributed by atoms with E-state index in [-0.39, 0.29) is 6.04 Å². The molecule has 144 valence electrons. The second-order valence-corrected chi connectivity index (χ2v) is 11.5. The second kappa shape index (κ2) is 5.60. The molecular weight excluding hydrogens is 360 g/mol. The average Bonchev–Trinajstić information content (AvgIpc) is 3.00. The van der Waals surface area contributed by atoms with Crippen molar-refractivity contribution in [1.82, 2.24) is 4.68 Å². The molecule has 4 aromatic rings. The van der Waals surface area contributed by atoms with E-state index < -0.39 is 14.8 Å². The molecule has 0 aliphatic carbocycles. The SMILES string of the molecule is [2H]C([2H])([2H])[Si]1(C)Oc2cccc3c4cccc(C(C)C)c4[n+]4c(c1c(C)n4C(C)C)c23. The largest absolute Gasteiger partial charge is 0.539 e. The van der Waals surface area contributed by atoms with E-state index in [4.69, 9.17) is 8.54 Å². The highest BCUT2D eigenvalue weighted by atomic mass is 28.4. The van der Waals surface area contributed by atoms with Gasteiger partial charge >= 0.3 is 0 Å². The van der Waals surface area contributed by atoms with Gasteiger partial charge in [-0.15, -0.1) is 4.68 Å². The van der Waals surface area contributed by atoms with Crippen molar-refractivity contribution in [3.63, 3.8) is 0 Å². The summed E-state index contributed by atoms with van der Waals surface area (Å²) < 4.78 is 36.5. The molecule has 3 nitrogen and oxygen atoms in total. The van der Waals surface area contributed by atoms with Crippen molar-refractivity contribution < 1.29 is 13.1 Å². The van der Waals surface area contributed by atoms with E-state index >= 15 is 0 Å². The fourth-order valence-electron chi connectivity index (χ4n) is 5.13. The van der Waals surface area contributed by atoms with Crippen LogP contribution in [-0.2, 0) is 0 Å². The van der Waals surface area contributed by atoms with Crippen molar-refractivity contribution in [3.05, 3.63) is 47.7 Å². The summed E-state index contributed by atoms with van der Waals surface area (Å²) in [7, 11) is -3.31. The predicted octanol–water partition coefficient (Wildman–Crippen LogP) is 5.35. The molecule has 0 bridgehead atoms. The molecule has 0 radical (unpaired) electrons. The Morgan fingerprint density at radius 1 is 1.04 bits per heavy atom. The molecule has 2 aromatic heterocycles. The van der Waals surface area contributed by atoms with E-state index in [1.165, 1.54) is 16.5 Å². The zero-order valence-electron chi connectivity index (χ0n) is 20.4. The lowest BCUT2D eigenvalue weighted by atomic mass is 9.96. The van der Waals surface area contributed by atoms with Gasteiger partial charge in [-0.25, -0.2) is 0 Å². The van der Waals surface area contributed by atoms with Crippen LogP contribution >= 0.6 is 0 Å². The summed E-state index contributed by atoms with van der Waals surface area (Å²) in [5.74, 6) is 1.04. The van der Waals surface area contributed by atoms with Gasteiger partial charge in [-0.05, 0) is 51.8 Å². The average molecular weight is 393 g/mol. The topological polar surface area (TPSA) is 18.3 Å². The van der Waals surface area contributed by atoms with Crippen LogP contribution in [0.25, 0.3) is 27.2 Å². The highest BCUT2D eigenvalue weighted by Crippen LogP contribution is 2.39. The van der Waals surface area contributed by atoms with Crippen LogP contribution in [0, 0.1) is 6.92 Å². The van der Waals surface area contributed by atoms with Gasteiger partial charge in [-0.3, -0.25) is 0 Å². The molecule has 1 unspecified atom stereocenters. The molecule has 0 N–H and O–H groups in total. The van der Waals surface area contributed by atoms with Crippen molar-refractivity contribution in [2.75, 3.05) is 0 Å². The Bertz CT molecular complexity index is 1390. The first kappa shape index (κ1) is 14.6. The van der Waals surface area contributed by atoms with E-state index in [2.05, 4.69) is 68.1 Å². The van der Waals surface area contributed by atoms with Gasteiger partial charge in [-0.1, -0.05) is 42.6 Å². The zero-order valence-corrected chi connectivity index (χ0v) is 18.4. The van der Waals surface area contributed by atoms with Crippen molar-refractivity contribution >= 4 is 40.7 Å². The van der Waals surface area contributed by atoms with E-state index in [1.807, 2.05) is 18.7 Å². The summed E-state index contributed by atoms with van der Waals surface area (Å²) >= 11 is 0. The number of para-hydroxylation sites is 1. The number of fused-ring (bicyclic) bond motifs is 3. The minimum absolute atomic E-state index is 0.169. The summed E-state index contributed by atoms with van der Waals surface area (Å²) in [6.07, 6.45) is 0. The molecular formula is C24H29N2OSi+.